The number of methoxy groups -OCH3 is 1. The SMILES string of the molecule is COc1cc(Cl)cc(CNC(C)(C)CC(C)(C)C)c1OCc1ccccc1.Cl. The summed E-state index contributed by atoms with van der Waals surface area (Å²) in [5.74, 6) is 1.40. The maximum absolute atomic E-state index is 6.31. The summed E-state index contributed by atoms with van der Waals surface area (Å²) in [5.41, 5.74) is 2.35. The van der Waals surface area contributed by atoms with Crippen LogP contribution in [0.4, 0.5) is 0 Å². The standard InChI is InChI=1S/C23H32ClNO2.ClH/c1-22(2,3)16-23(4,5)25-14-18-12-19(24)13-20(26-6)21(18)27-15-17-10-8-7-9-11-17;/h7-13,25H,14-16H2,1-6H3;1H. The summed E-state index contributed by atoms with van der Waals surface area (Å²) in [5, 5.41) is 4.30. The lowest BCUT2D eigenvalue weighted by Crippen LogP contribution is -2.41. The van der Waals surface area contributed by atoms with Gasteiger partial charge in [0, 0.05) is 28.7 Å². The van der Waals surface area contributed by atoms with Crippen LogP contribution in [-0.2, 0) is 13.2 Å². The number of nitrogens with one attached hydrogen (secondary N) is 1. The van der Waals surface area contributed by atoms with Gasteiger partial charge in [-0.25, -0.2) is 0 Å². The highest BCUT2D eigenvalue weighted by Gasteiger charge is 2.25. The van der Waals surface area contributed by atoms with Gasteiger partial charge in [0.15, 0.2) is 11.5 Å². The van der Waals surface area contributed by atoms with E-state index in [4.69, 9.17) is 21.1 Å². The van der Waals surface area contributed by atoms with Crippen LogP contribution in [-0.4, -0.2) is 12.6 Å². The van der Waals surface area contributed by atoms with Gasteiger partial charge in [0.2, 0.25) is 0 Å². The van der Waals surface area contributed by atoms with Gasteiger partial charge < -0.3 is 14.8 Å². The van der Waals surface area contributed by atoms with Crippen LogP contribution in [0, 0.1) is 5.41 Å². The van der Waals surface area contributed by atoms with Crippen molar-refractivity contribution >= 4 is 24.0 Å². The van der Waals surface area contributed by atoms with Gasteiger partial charge in [0.25, 0.3) is 0 Å². The fraction of sp³-hybridized carbons (Fsp3) is 0.478. The van der Waals surface area contributed by atoms with E-state index in [0.29, 0.717) is 23.9 Å². The van der Waals surface area contributed by atoms with Gasteiger partial charge in [0.1, 0.15) is 6.61 Å². The second-order valence-electron chi connectivity index (χ2n) is 8.85. The number of halogens is 2. The van der Waals surface area contributed by atoms with E-state index in [1.807, 2.05) is 36.4 Å². The molecule has 2 rings (SSSR count). The average molecular weight is 426 g/mol. The third kappa shape index (κ3) is 7.90. The zero-order valence-electron chi connectivity index (χ0n) is 17.8. The summed E-state index contributed by atoms with van der Waals surface area (Å²) >= 11 is 6.31. The molecule has 0 aliphatic carbocycles. The Morgan fingerprint density at radius 1 is 1.00 bits per heavy atom. The van der Waals surface area contributed by atoms with Gasteiger partial charge in [-0.1, -0.05) is 62.7 Å². The van der Waals surface area contributed by atoms with Crippen molar-refractivity contribution in [2.45, 2.75) is 59.7 Å². The fourth-order valence-corrected chi connectivity index (χ4v) is 3.75. The van der Waals surface area contributed by atoms with Crippen LogP contribution in [0.3, 0.4) is 0 Å². The van der Waals surface area contributed by atoms with Gasteiger partial charge in [-0.3, -0.25) is 0 Å². The van der Waals surface area contributed by atoms with Gasteiger partial charge in [-0.2, -0.15) is 0 Å². The smallest absolute Gasteiger partial charge is 0.166 e. The van der Waals surface area contributed by atoms with Crippen LogP contribution in [0.15, 0.2) is 42.5 Å². The van der Waals surface area contributed by atoms with Crippen molar-refractivity contribution in [2.75, 3.05) is 7.11 Å². The minimum atomic E-state index is -0.00942. The lowest BCUT2D eigenvalue weighted by molar-refractivity contribution is 0.237. The monoisotopic (exact) mass is 425 g/mol. The predicted octanol–water partition coefficient (Wildman–Crippen LogP) is 6.65. The zero-order chi connectivity index (χ0) is 20.1. The lowest BCUT2D eigenvalue weighted by atomic mass is 9.81. The van der Waals surface area contributed by atoms with Crippen molar-refractivity contribution in [2.24, 2.45) is 5.41 Å². The Kier molecular flexibility index (Phi) is 9.13. The van der Waals surface area contributed by atoms with Crippen molar-refractivity contribution < 1.29 is 9.47 Å². The highest BCUT2D eigenvalue weighted by molar-refractivity contribution is 6.30. The molecule has 0 heterocycles. The molecule has 0 amide bonds. The summed E-state index contributed by atoms with van der Waals surface area (Å²) in [4.78, 5) is 0. The van der Waals surface area contributed by atoms with Crippen molar-refractivity contribution in [3.8, 4) is 11.5 Å². The van der Waals surface area contributed by atoms with E-state index in [1.165, 1.54) is 0 Å². The van der Waals surface area contributed by atoms with E-state index in [-0.39, 0.29) is 23.4 Å². The molecule has 3 nitrogen and oxygen atoms in total. The number of benzene rings is 2. The molecule has 0 bridgehead atoms. The molecule has 0 unspecified atom stereocenters. The Bertz CT molecular complexity index is 740. The summed E-state index contributed by atoms with van der Waals surface area (Å²) in [6.07, 6.45) is 1.05. The molecule has 5 heteroatoms. The third-order valence-electron chi connectivity index (χ3n) is 4.27. The maximum atomic E-state index is 6.31. The number of hydrogen-bond acceptors (Lipinski definition) is 3. The van der Waals surface area contributed by atoms with Crippen LogP contribution < -0.4 is 14.8 Å². The molecule has 2 aromatic carbocycles. The largest absolute Gasteiger partial charge is 0.493 e. The molecule has 0 aliphatic heterocycles. The third-order valence-corrected chi connectivity index (χ3v) is 4.49. The van der Waals surface area contributed by atoms with Crippen molar-refractivity contribution in [1.29, 1.82) is 0 Å². The molecule has 0 fully saturated rings. The summed E-state index contributed by atoms with van der Waals surface area (Å²) in [7, 11) is 1.64. The van der Waals surface area contributed by atoms with Crippen molar-refractivity contribution in [3.05, 3.63) is 58.6 Å². The predicted molar refractivity (Wildman–Crippen MR) is 121 cm³/mol. The van der Waals surface area contributed by atoms with Crippen molar-refractivity contribution in [3.63, 3.8) is 0 Å². The molecule has 0 saturated carbocycles. The second kappa shape index (κ2) is 10.4. The average Bonchev–Trinajstić information content (AvgIpc) is 2.57. The molecular weight excluding hydrogens is 393 g/mol. The fourth-order valence-electron chi connectivity index (χ4n) is 3.52. The molecule has 2 aromatic rings. The first-order valence-corrected chi connectivity index (χ1v) is 9.76. The molecule has 0 radical (unpaired) electrons. The minimum Gasteiger partial charge on any atom is -0.493 e. The summed E-state index contributed by atoms with van der Waals surface area (Å²) in [6.45, 7) is 12.4. The summed E-state index contributed by atoms with van der Waals surface area (Å²) in [6, 6.07) is 13.9. The Morgan fingerprint density at radius 3 is 2.21 bits per heavy atom. The molecular formula is C23H33Cl2NO2. The first-order valence-electron chi connectivity index (χ1n) is 9.38. The quantitative estimate of drug-likeness (QED) is 0.512. The maximum Gasteiger partial charge on any atom is 0.166 e. The highest BCUT2D eigenvalue weighted by Crippen LogP contribution is 2.36. The Hall–Kier alpha value is -1.42. The number of hydrogen-bond donors (Lipinski definition) is 1. The van der Waals surface area contributed by atoms with Crippen LogP contribution in [0.5, 0.6) is 11.5 Å². The normalized spacial score (nSPS) is 11.7. The minimum absolute atomic E-state index is 0. The van der Waals surface area contributed by atoms with E-state index >= 15 is 0 Å². The number of ether oxygens (including phenoxy) is 2. The van der Waals surface area contributed by atoms with Gasteiger partial charge >= 0.3 is 0 Å². The van der Waals surface area contributed by atoms with Crippen molar-refractivity contribution in [1.82, 2.24) is 5.32 Å². The van der Waals surface area contributed by atoms with Crippen LogP contribution in [0.1, 0.15) is 52.2 Å². The molecule has 0 aromatic heterocycles. The molecule has 0 aliphatic rings. The molecule has 0 saturated heterocycles. The van der Waals surface area contributed by atoms with Crippen LogP contribution >= 0.6 is 24.0 Å². The van der Waals surface area contributed by atoms with E-state index in [0.717, 1.165) is 23.3 Å². The highest BCUT2D eigenvalue weighted by atomic mass is 35.5. The van der Waals surface area contributed by atoms with E-state index in [1.54, 1.807) is 13.2 Å². The Balaban J connectivity index is 0.00000392. The summed E-state index contributed by atoms with van der Waals surface area (Å²) < 4.78 is 11.7. The van der Waals surface area contributed by atoms with Gasteiger partial charge in [0.05, 0.1) is 7.11 Å². The van der Waals surface area contributed by atoms with E-state index in [9.17, 15) is 0 Å². The zero-order valence-corrected chi connectivity index (χ0v) is 19.3. The molecule has 28 heavy (non-hydrogen) atoms. The first-order chi connectivity index (χ1) is 12.6. The first kappa shape index (κ1) is 24.6. The number of rotatable bonds is 8. The van der Waals surface area contributed by atoms with E-state index < -0.39 is 0 Å². The topological polar surface area (TPSA) is 30.5 Å². The van der Waals surface area contributed by atoms with Crippen LogP contribution in [0.25, 0.3) is 0 Å². The second-order valence-corrected chi connectivity index (χ2v) is 9.28. The van der Waals surface area contributed by atoms with Crippen LogP contribution in [0.2, 0.25) is 5.02 Å². The van der Waals surface area contributed by atoms with Gasteiger partial charge in [-0.15, -0.1) is 12.4 Å². The molecule has 1 N–H and O–H groups in total. The van der Waals surface area contributed by atoms with E-state index in [2.05, 4.69) is 39.9 Å². The van der Waals surface area contributed by atoms with Gasteiger partial charge in [-0.05, 0) is 37.3 Å². The molecule has 0 spiro atoms. The molecule has 0 atom stereocenters. The Morgan fingerprint density at radius 2 is 1.64 bits per heavy atom. The molecule has 156 valence electrons. The lowest BCUT2D eigenvalue weighted by Gasteiger charge is -2.34. The Labute approximate surface area is 181 Å².